The van der Waals surface area contributed by atoms with Gasteiger partial charge in [-0.1, -0.05) is 32.3 Å². The summed E-state index contributed by atoms with van der Waals surface area (Å²) in [6.07, 6.45) is 8.67. The van der Waals surface area contributed by atoms with E-state index in [9.17, 15) is 0 Å². The normalized spacial score (nSPS) is 12.5. The highest BCUT2D eigenvalue weighted by Gasteiger charge is 2.26. The Labute approximate surface area is 102 Å². The van der Waals surface area contributed by atoms with Crippen LogP contribution in [0.2, 0.25) is 6.55 Å². The summed E-state index contributed by atoms with van der Waals surface area (Å²) >= 11 is 0. The van der Waals surface area contributed by atoms with Gasteiger partial charge in [0.1, 0.15) is 0 Å². The van der Waals surface area contributed by atoms with Crippen molar-refractivity contribution in [1.29, 1.82) is 0 Å². The standard InChI is InChI=1S/C13H28O2Si/c1-5-8-9-10-11-12-13-16(4,14-6-2)15-7-3/h12-13H,5-11H2,1-4H3/b13-12-. The summed E-state index contributed by atoms with van der Waals surface area (Å²) in [6, 6.07) is 0. The summed E-state index contributed by atoms with van der Waals surface area (Å²) in [4.78, 5) is 0. The average molecular weight is 244 g/mol. The SMILES string of the molecule is CCCCCC/C=C\[Si](C)(OCC)OCC. The molecule has 2 nitrogen and oxygen atoms in total. The zero-order valence-electron chi connectivity index (χ0n) is 11.4. The van der Waals surface area contributed by atoms with Gasteiger partial charge in [-0.05, 0) is 38.9 Å². The maximum Gasteiger partial charge on any atom is 0.361 e. The molecule has 3 heteroatoms. The quantitative estimate of drug-likeness (QED) is 0.423. The van der Waals surface area contributed by atoms with Gasteiger partial charge in [-0.25, -0.2) is 0 Å². The minimum atomic E-state index is -2.00. The average Bonchev–Trinajstić information content (AvgIpc) is 2.24. The molecule has 0 N–H and O–H groups in total. The molecule has 0 aromatic heterocycles. The molecule has 0 saturated carbocycles. The van der Waals surface area contributed by atoms with E-state index in [0.717, 1.165) is 19.6 Å². The third-order valence-corrected chi connectivity index (χ3v) is 5.07. The summed E-state index contributed by atoms with van der Waals surface area (Å²) in [5, 5.41) is 0. The second-order valence-electron chi connectivity index (χ2n) is 4.13. The van der Waals surface area contributed by atoms with Gasteiger partial charge < -0.3 is 8.85 Å². The van der Waals surface area contributed by atoms with E-state index in [2.05, 4.69) is 25.2 Å². The van der Waals surface area contributed by atoms with Crippen LogP contribution in [0.15, 0.2) is 11.8 Å². The van der Waals surface area contributed by atoms with Crippen LogP contribution < -0.4 is 0 Å². The second-order valence-corrected chi connectivity index (χ2v) is 7.08. The van der Waals surface area contributed by atoms with Crippen LogP contribution in [0.3, 0.4) is 0 Å². The van der Waals surface area contributed by atoms with Crippen LogP contribution in [-0.2, 0) is 8.85 Å². The minimum absolute atomic E-state index is 0.739. The molecule has 0 atom stereocenters. The Hall–Kier alpha value is -0.123. The molecule has 0 rings (SSSR count). The number of unbranched alkanes of at least 4 members (excludes halogenated alkanes) is 4. The number of rotatable bonds is 10. The summed E-state index contributed by atoms with van der Waals surface area (Å²) < 4.78 is 11.5. The maximum absolute atomic E-state index is 5.73. The van der Waals surface area contributed by atoms with Gasteiger partial charge in [0.2, 0.25) is 0 Å². The lowest BCUT2D eigenvalue weighted by atomic mass is 10.2. The van der Waals surface area contributed by atoms with Gasteiger partial charge in [-0.15, -0.1) is 0 Å². The van der Waals surface area contributed by atoms with E-state index in [1.54, 1.807) is 0 Å². The van der Waals surface area contributed by atoms with Crippen molar-refractivity contribution in [2.24, 2.45) is 0 Å². The Bertz CT molecular complexity index is 175. The van der Waals surface area contributed by atoms with E-state index in [1.165, 1.54) is 25.7 Å². The highest BCUT2D eigenvalue weighted by Crippen LogP contribution is 2.11. The van der Waals surface area contributed by atoms with Crippen LogP contribution in [0.25, 0.3) is 0 Å². The molecule has 0 aliphatic rings. The lowest BCUT2D eigenvalue weighted by molar-refractivity contribution is 0.201. The van der Waals surface area contributed by atoms with Crippen LogP contribution in [-0.4, -0.2) is 21.8 Å². The van der Waals surface area contributed by atoms with Crippen molar-refractivity contribution in [3.05, 3.63) is 11.8 Å². The summed E-state index contributed by atoms with van der Waals surface area (Å²) in [7, 11) is -2.00. The van der Waals surface area contributed by atoms with E-state index < -0.39 is 8.56 Å². The third-order valence-electron chi connectivity index (χ3n) is 2.51. The van der Waals surface area contributed by atoms with Gasteiger partial charge in [-0.3, -0.25) is 0 Å². The van der Waals surface area contributed by atoms with Crippen molar-refractivity contribution in [3.8, 4) is 0 Å². The molecule has 0 fully saturated rings. The van der Waals surface area contributed by atoms with Gasteiger partial charge in [0.15, 0.2) is 0 Å². The molecular formula is C13H28O2Si. The van der Waals surface area contributed by atoms with Crippen molar-refractivity contribution < 1.29 is 8.85 Å². The zero-order valence-corrected chi connectivity index (χ0v) is 12.4. The van der Waals surface area contributed by atoms with E-state index in [0.29, 0.717) is 0 Å². The van der Waals surface area contributed by atoms with Gasteiger partial charge in [-0.2, -0.15) is 0 Å². The number of hydrogen-bond donors (Lipinski definition) is 0. The van der Waals surface area contributed by atoms with Crippen molar-refractivity contribution in [1.82, 2.24) is 0 Å². The Balaban J connectivity index is 3.84. The molecule has 0 aliphatic heterocycles. The van der Waals surface area contributed by atoms with Crippen LogP contribution in [0, 0.1) is 0 Å². The van der Waals surface area contributed by atoms with Crippen molar-refractivity contribution >= 4 is 8.56 Å². The summed E-state index contributed by atoms with van der Waals surface area (Å²) in [6.45, 7) is 9.89. The first-order valence-corrected chi connectivity index (χ1v) is 9.03. The first-order chi connectivity index (χ1) is 7.68. The largest absolute Gasteiger partial charge is 0.392 e. The Morgan fingerprint density at radius 3 is 2.06 bits per heavy atom. The van der Waals surface area contributed by atoms with E-state index in [1.807, 2.05) is 13.8 Å². The Morgan fingerprint density at radius 1 is 0.938 bits per heavy atom. The smallest absolute Gasteiger partial charge is 0.361 e. The Kier molecular flexibility index (Phi) is 9.98. The van der Waals surface area contributed by atoms with E-state index in [4.69, 9.17) is 8.85 Å². The number of allylic oxidation sites excluding steroid dienone is 1. The fourth-order valence-corrected chi connectivity index (χ4v) is 3.71. The molecular weight excluding hydrogens is 216 g/mol. The molecule has 0 radical (unpaired) electrons. The monoisotopic (exact) mass is 244 g/mol. The highest BCUT2D eigenvalue weighted by atomic mass is 28.4. The van der Waals surface area contributed by atoms with Crippen LogP contribution in [0.4, 0.5) is 0 Å². The lowest BCUT2D eigenvalue weighted by Crippen LogP contribution is -2.36. The first kappa shape index (κ1) is 15.9. The molecule has 0 aliphatic carbocycles. The molecule has 0 spiro atoms. The minimum Gasteiger partial charge on any atom is -0.392 e. The highest BCUT2D eigenvalue weighted by molar-refractivity contribution is 6.71. The van der Waals surface area contributed by atoms with Crippen molar-refractivity contribution in [2.75, 3.05) is 13.2 Å². The fraction of sp³-hybridized carbons (Fsp3) is 0.846. The predicted molar refractivity (Wildman–Crippen MR) is 72.8 cm³/mol. The third kappa shape index (κ3) is 8.08. The zero-order chi connectivity index (χ0) is 12.3. The van der Waals surface area contributed by atoms with Crippen LogP contribution in [0.5, 0.6) is 0 Å². The van der Waals surface area contributed by atoms with Crippen molar-refractivity contribution in [3.63, 3.8) is 0 Å². The first-order valence-electron chi connectivity index (χ1n) is 6.64. The fourth-order valence-electron chi connectivity index (χ4n) is 1.70. The van der Waals surface area contributed by atoms with Gasteiger partial charge in [0.25, 0.3) is 0 Å². The summed E-state index contributed by atoms with van der Waals surface area (Å²) in [5.41, 5.74) is 2.19. The van der Waals surface area contributed by atoms with E-state index >= 15 is 0 Å². The molecule has 0 bridgehead atoms. The number of hydrogen-bond acceptors (Lipinski definition) is 2. The molecule has 0 amide bonds. The molecule has 16 heavy (non-hydrogen) atoms. The van der Waals surface area contributed by atoms with Gasteiger partial charge >= 0.3 is 8.56 Å². The van der Waals surface area contributed by atoms with Crippen molar-refractivity contribution in [2.45, 2.75) is 59.4 Å². The predicted octanol–water partition coefficient (Wildman–Crippen LogP) is 4.20. The molecule has 0 aromatic rings. The van der Waals surface area contributed by atoms with Gasteiger partial charge in [0.05, 0.1) is 0 Å². The lowest BCUT2D eigenvalue weighted by Gasteiger charge is -2.22. The molecule has 0 saturated heterocycles. The Morgan fingerprint density at radius 2 is 1.56 bits per heavy atom. The van der Waals surface area contributed by atoms with Crippen LogP contribution >= 0.6 is 0 Å². The topological polar surface area (TPSA) is 18.5 Å². The second kappa shape index (κ2) is 10.1. The molecule has 0 heterocycles. The van der Waals surface area contributed by atoms with E-state index in [-0.39, 0.29) is 0 Å². The van der Waals surface area contributed by atoms with Gasteiger partial charge in [0, 0.05) is 13.2 Å². The maximum atomic E-state index is 5.73. The molecule has 96 valence electrons. The van der Waals surface area contributed by atoms with Crippen LogP contribution in [0.1, 0.15) is 52.9 Å². The molecule has 0 unspecified atom stereocenters. The molecule has 0 aromatic carbocycles. The summed E-state index contributed by atoms with van der Waals surface area (Å²) in [5.74, 6) is 0.